The third-order valence-electron chi connectivity index (χ3n) is 5.31. The number of aliphatic imine (C=N–C) groups is 1. The van der Waals surface area contributed by atoms with Crippen LogP contribution in [0.25, 0.3) is 0 Å². The van der Waals surface area contributed by atoms with Gasteiger partial charge in [0.05, 0.1) is 19.8 Å². The van der Waals surface area contributed by atoms with Gasteiger partial charge < -0.3 is 24.6 Å². The maximum absolute atomic E-state index is 13.2. The van der Waals surface area contributed by atoms with Crippen LogP contribution in [0, 0.1) is 17.6 Å². The number of nitrogens with one attached hydrogen (secondary N) is 1. The third kappa shape index (κ3) is 7.44. The molecule has 0 radical (unpaired) electrons. The maximum Gasteiger partial charge on any atom is 0.225 e. The molecule has 0 aliphatic carbocycles. The molecule has 2 fully saturated rings. The Bertz CT molecular complexity index is 739. The molecule has 174 valence electrons. The Balaban J connectivity index is 0.00000341. The van der Waals surface area contributed by atoms with E-state index in [2.05, 4.69) is 15.2 Å². The fourth-order valence-electron chi connectivity index (χ4n) is 3.69. The molecule has 0 unspecified atom stereocenters. The van der Waals surface area contributed by atoms with Crippen LogP contribution in [0.2, 0.25) is 0 Å². The number of guanidine groups is 1. The molecule has 0 spiro atoms. The monoisotopic (exact) mass is 552 g/mol. The summed E-state index contributed by atoms with van der Waals surface area (Å²) in [5.41, 5.74) is 0. The van der Waals surface area contributed by atoms with Crippen LogP contribution < -0.4 is 10.1 Å². The first-order valence-corrected chi connectivity index (χ1v) is 10.6. The Labute approximate surface area is 199 Å². The second kappa shape index (κ2) is 13.0. The van der Waals surface area contributed by atoms with Gasteiger partial charge in [0.15, 0.2) is 17.6 Å². The number of ether oxygens (including phenoxy) is 2. The molecule has 0 atom stereocenters. The molecule has 2 aliphatic rings. The van der Waals surface area contributed by atoms with Gasteiger partial charge in [-0.15, -0.1) is 24.0 Å². The lowest BCUT2D eigenvalue weighted by atomic mass is 9.95. The van der Waals surface area contributed by atoms with Crippen molar-refractivity contribution in [3.05, 3.63) is 29.8 Å². The molecule has 1 aromatic carbocycles. The summed E-state index contributed by atoms with van der Waals surface area (Å²) < 4.78 is 37.0. The lowest BCUT2D eigenvalue weighted by Gasteiger charge is -2.36. The molecule has 2 heterocycles. The SMILES string of the molecule is CCNC(=NCCOc1ccc(F)c(F)c1)N1CCC(C(=O)N2CCOCC2)CC1.I. The number of rotatable bonds is 6. The molecule has 3 rings (SSSR count). The number of carbonyl (C=O) groups is 1. The highest BCUT2D eigenvalue weighted by atomic mass is 127. The van der Waals surface area contributed by atoms with E-state index in [1.807, 2.05) is 11.8 Å². The number of hydrogen-bond acceptors (Lipinski definition) is 4. The molecule has 0 aromatic heterocycles. The lowest BCUT2D eigenvalue weighted by molar-refractivity contribution is -0.140. The van der Waals surface area contributed by atoms with E-state index in [-0.39, 0.29) is 48.2 Å². The van der Waals surface area contributed by atoms with E-state index < -0.39 is 11.6 Å². The molecule has 1 amide bonds. The highest BCUT2D eigenvalue weighted by Gasteiger charge is 2.30. The summed E-state index contributed by atoms with van der Waals surface area (Å²) in [6.45, 7) is 7.50. The minimum absolute atomic E-state index is 0. The van der Waals surface area contributed by atoms with Crippen molar-refractivity contribution >= 4 is 35.8 Å². The number of carbonyl (C=O) groups excluding carboxylic acids is 1. The Kier molecular flexibility index (Phi) is 10.7. The first kappa shape index (κ1) is 25.6. The topological polar surface area (TPSA) is 66.4 Å². The smallest absolute Gasteiger partial charge is 0.225 e. The summed E-state index contributed by atoms with van der Waals surface area (Å²) in [5, 5.41) is 3.27. The van der Waals surface area contributed by atoms with Gasteiger partial charge in [-0.2, -0.15) is 0 Å². The predicted octanol–water partition coefficient (Wildman–Crippen LogP) is 2.50. The summed E-state index contributed by atoms with van der Waals surface area (Å²) in [7, 11) is 0. The molecule has 0 bridgehead atoms. The molecule has 31 heavy (non-hydrogen) atoms. The summed E-state index contributed by atoms with van der Waals surface area (Å²) in [5.74, 6) is -0.483. The number of amides is 1. The zero-order valence-electron chi connectivity index (χ0n) is 17.8. The van der Waals surface area contributed by atoms with Crippen LogP contribution in [0.4, 0.5) is 8.78 Å². The van der Waals surface area contributed by atoms with Gasteiger partial charge in [0.25, 0.3) is 0 Å². The van der Waals surface area contributed by atoms with Crippen molar-refractivity contribution in [2.24, 2.45) is 10.9 Å². The van der Waals surface area contributed by atoms with E-state index in [1.54, 1.807) is 0 Å². The average molecular weight is 552 g/mol. The lowest BCUT2D eigenvalue weighted by Crippen LogP contribution is -2.50. The van der Waals surface area contributed by atoms with Crippen molar-refractivity contribution in [3.8, 4) is 5.75 Å². The van der Waals surface area contributed by atoms with Crippen LogP contribution in [0.3, 0.4) is 0 Å². The van der Waals surface area contributed by atoms with E-state index in [4.69, 9.17) is 9.47 Å². The second-order valence-corrected chi connectivity index (χ2v) is 7.36. The Morgan fingerprint density at radius 3 is 2.52 bits per heavy atom. The van der Waals surface area contributed by atoms with Crippen molar-refractivity contribution in [2.45, 2.75) is 19.8 Å². The molecule has 1 N–H and O–H groups in total. The van der Waals surface area contributed by atoms with Crippen molar-refractivity contribution in [1.82, 2.24) is 15.1 Å². The minimum Gasteiger partial charge on any atom is -0.492 e. The standard InChI is InChI=1S/C21H30F2N4O3.HI/c1-2-24-21(25-7-12-30-17-3-4-18(22)19(23)15-17)27-8-5-16(6-9-27)20(28)26-10-13-29-14-11-26;/h3-4,15-16H,2,5-14H2,1H3,(H,24,25);1H. The number of benzene rings is 1. The Morgan fingerprint density at radius 2 is 1.87 bits per heavy atom. The van der Waals surface area contributed by atoms with Gasteiger partial charge in [0.2, 0.25) is 5.91 Å². The summed E-state index contributed by atoms with van der Waals surface area (Å²) >= 11 is 0. The van der Waals surface area contributed by atoms with E-state index in [9.17, 15) is 13.6 Å². The van der Waals surface area contributed by atoms with Crippen LogP contribution >= 0.6 is 24.0 Å². The van der Waals surface area contributed by atoms with Crippen LogP contribution in [-0.2, 0) is 9.53 Å². The maximum atomic E-state index is 13.2. The van der Waals surface area contributed by atoms with Gasteiger partial charge in [-0.1, -0.05) is 0 Å². The summed E-state index contributed by atoms with van der Waals surface area (Å²) in [6, 6.07) is 3.46. The zero-order valence-corrected chi connectivity index (χ0v) is 20.1. The van der Waals surface area contributed by atoms with Crippen LogP contribution in [0.5, 0.6) is 5.75 Å². The first-order valence-electron chi connectivity index (χ1n) is 10.6. The number of piperidine rings is 1. The van der Waals surface area contributed by atoms with Gasteiger partial charge >= 0.3 is 0 Å². The van der Waals surface area contributed by atoms with Crippen molar-refractivity contribution < 1.29 is 23.0 Å². The van der Waals surface area contributed by atoms with Gasteiger partial charge in [-0.3, -0.25) is 4.79 Å². The van der Waals surface area contributed by atoms with Crippen LogP contribution in [0.15, 0.2) is 23.2 Å². The molecule has 2 aliphatic heterocycles. The largest absolute Gasteiger partial charge is 0.492 e. The fourth-order valence-corrected chi connectivity index (χ4v) is 3.69. The molecular weight excluding hydrogens is 521 g/mol. The van der Waals surface area contributed by atoms with E-state index in [0.717, 1.165) is 50.6 Å². The molecule has 10 heteroatoms. The van der Waals surface area contributed by atoms with Gasteiger partial charge in [-0.05, 0) is 31.9 Å². The zero-order chi connectivity index (χ0) is 21.3. The number of nitrogens with zero attached hydrogens (tertiary/aromatic N) is 3. The quantitative estimate of drug-likeness (QED) is 0.255. The summed E-state index contributed by atoms with van der Waals surface area (Å²) in [6.07, 6.45) is 1.60. The Morgan fingerprint density at radius 1 is 1.16 bits per heavy atom. The highest BCUT2D eigenvalue weighted by molar-refractivity contribution is 14.0. The highest BCUT2D eigenvalue weighted by Crippen LogP contribution is 2.20. The normalized spacial score (nSPS) is 17.8. The van der Waals surface area contributed by atoms with Crippen molar-refractivity contribution in [3.63, 3.8) is 0 Å². The third-order valence-corrected chi connectivity index (χ3v) is 5.31. The van der Waals surface area contributed by atoms with E-state index >= 15 is 0 Å². The number of morpholine rings is 1. The first-order chi connectivity index (χ1) is 14.6. The number of halogens is 3. The average Bonchev–Trinajstić information content (AvgIpc) is 2.78. The van der Waals surface area contributed by atoms with Gasteiger partial charge in [0, 0.05) is 44.7 Å². The molecule has 7 nitrogen and oxygen atoms in total. The summed E-state index contributed by atoms with van der Waals surface area (Å²) in [4.78, 5) is 21.3. The number of likely N-dealkylation sites (tertiary alicyclic amines) is 1. The molecule has 0 saturated carbocycles. The fraction of sp³-hybridized carbons (Fsp3) is 0.619. The Hall–Kier alpha value is -1.69. The second-order valence-electron chi connectivity index (χ2n) is 7.36. The van der Waals surface area contributed by atoms with Crippen LogP contribution in [0.1, 0.15) is 19.8 Å². The van der Waals surface area contributed by atoms with Gasteiger partial charge in [0.1, 0.15) is 12.4 Å². The molecule has 2 saturated heterocycles. The van der Waals surface area contributed by atoms with E-state index in [1.165, 1.54) is 6.07 Å². The van der Waals surface area contributed by atoms with Crippen molar-refractivity contribution in [2.75, 3.05) is 59.1 Å². The number of hydrogen-bond donors (Lipinski definition) is 1. The predicted molar refractivity (Wildman–Crippen MR) is 125 cm³/mol. The minimum atomic E-state index is -0.932. The molecule has 1 aromatic rings. The van der Waals surface area contributed by atoms with Crippen molar-refractivity contribution in [1.29, 1.82) is 0 Å². The van der Waals surface area contributed by atoms with Gasteiger partial charge in [-0.25, -0.2) is 13.8 Å². The van der Waals surface area contributed by atoms with E-state index in [0.29, 0.717) is 32.8 Å². The molecular formula is C21H31F2IN4O3. The van der Waals surface area contributed by atoms with Crippen LogP contribution in [-0.4, -0.2) is 80.8 Å².